The van der Waals surface area contributed by atoms with E-state index in [1.807, 2.05) is 29.5 Å². The molecule has 6 heteroatoms. The minimum atomic E-state index is -1.00. The van der Waals surface area contributed by atoms with Crippen molar-refractivity contribution >= 4 is 23.3 Å². The van der Waals surface area contributed by atoms with Crippen LogP contribution >= 0.6 is 11.3 Å². The number of aromatic carboxylic acids is 1. The Kier molecular flexibility index (Phi) is 3.57. The zero-order valence-electron chi connectivity index (χ0n) is 10.1. The monoisotopic (exact) mass is 263 g/mol. The summed E-state index contributed by atoms with van der Waals surface area (Å²) in [6, 6.07) is 4.03. The van der Waals surface area contributed by atoms with Crippen molar-refractivity contribution in [2.24, 2.45) is 0 Å². The number of rotatable bonds is 4. The van der Waals surface area contributed by atoms with Crippen LogP contribution in [-0.2, 0) is 6.54 Å². The highest BCUT2D eigenvalue weighted by molar-refractivity contribution is 7.09. The van der Waals surface area contributed by atoms with E-state index in [-0.39, 0.29) is 5.56 Å². The number of carbonyl (C=O) groups is 1. The predicted molar refractivity (Wildman–Crippen MR) is 70.2 cm³/mol. The molecule has 0 aliphatic heterocycles. The standard InChI is InChI=1S/C12H13N3O2S/c1-8-10(11(16)17)6-13-12(14-8)15(2)7-9-4-3-5-18-9/h3-6H,7H2,1-2H3,(H,16,17). The molecule has 0 radical (unpaired) electrons. The summed E-state index contributed by atoms with van der Waals surface area (Å²) in [7, 11) is 1.88. The summed E-state index contributed by atoms with van der Waals surface area (Å²) in [5, 5.41) is 10.9. The second kappa shape index (κ2) is 5.14. The Hall–Kier alpha value is -1.95. The molecule has 0 aliphatic carbocycles. The lowest BCUT2D eigenvalue weighted by Gasteiger charge is -2.16. The molecule has 18 heavy (non-hydrogen) atoms. The van der Waals surface area contributed by atoms with Gasteiger partial charge in [-0.2, -0.15) is 0 Å². The first-order valence-electron chi connectivity index (χ1n) is 5.38. The maximum atomic E-state index is 10.9. The average Bonchev–Trinajstić information content (AvgIpc) is 2.81. The predicted octanol–water partition coefficient (Wildman–Crippen LogP) is 2.18. The van der Waals surface area contributed by atoms with Crippen LogP contribution in [0.4, 0.5) is 5.95 Å². The van der Waals surface area contributed by atoms with Crippen molar-refractivity contribution in [2.75, 3.05) is 11.9 Å². The molecule has 2 aromatic heterocycles. The van der Waals surface area contributed by atoms with Gasteiger partial charge in [-0.1, -0.05) is 6.07 Å². The molecule has 0 amide bonds. The fourth-order valence-corrected chi connectivity index (χ4v) is 2.31. The van der Waals surface area contributed by atoms with Crippen molar-refractivity contribution < 1.29 is 9.90 Å². The maximum absolute atomic E-state index is 10.9. The van der Waals surface area contributed by atoms with Gasteiger partial charge in [0.05, 0.1) is 17.8 Å². The maximum Gasteiger partial charge on any atom is 0.339 e. The summed E-state index contributed by atoms with van der Waals surface area (Å²) >= 11 is 1.67. The van der Waals surface area contributed by atoms with E-state index >= 15 is 0 Å². The van der Waals surface area contributed by atoms with E-state index in [0.717, 1.165) is 0 Å². The van der Waals surface area contributed by atoms with E-state index in [9.17, 15) is 4.79 Å². The second-order valence-electron chi connectivity index (χ2n) is 3.91. The first kappa shape index (κ1) is 12.5. The molecular formula is C12H13N3O2S. The zero-order valence-corrected chi connectivity index (χ0v) is 10.9. The number of anilines is 1. The molecule has 0 aliphatic rings. The van der Waals surface area contributed by atoms with E-state index in [2.05, 4.69) is 9.97 Å². The molecule has 2 heterocycles. The van der Waals surface area contributed by atoms with Crippen molar-refractivity contribution in [1.82, 2.24) is 9.97 Å². The third-order valence-electron chi connectivity index (χ3n) is 2.51. The molecule has 0 saturated heterocycles. The van der Waals surface area contributed by atoms with Crippen molar-refractivity contribution in [3.63, 3.8) is 0 Å². The van der Waals surface area contributed by atoms with E-state index in [1.54, 1.807) is 18.3 Å². The van der Waals surface area contributed by atoms with E-state index in [1.165, 1.54) is 11.1 Å². The molecular weight excluding hydrogens is 250 g/mol. The summed E-state index contributed by atoms with van der Waals surface area (Å²) in [6.07, 6.45) is 1.35. The molecule has 0 fully saturated rings. The van der Waals surface area contributed by atoms with Gasteiger partial charge in [0, 0.05) is 18.1 Å². The topological polar surface area (TPSA) is 66.3 Å². The van der Waals surface area contributed by atoms with Gasteiger partial charge >= 0.3 is 5.97 Å². The number of hydrogen-bond donors (Lipinski definition) is 1. The Bertz CT molecular complexity index is 554. The Morgan fingerprint density at radius 2 is 2.33 bits per heavy atom. The molecule has 0 bridgehead atoms. The Labute approximate surface area is 109 Å². The highest BCUT2D eigenvalue weighted by atomic mass is 32.1. The van der Waals surface area contributed by atoms with Crippen LogP contribution in [-0.4, -0.2) is 28.1 Å². The van der Waals surface area contributed by atoms with E-state index in [0.29, 0.717) is 18.2 Å². The van der Waals surface area contributed by atoms with Gasteiger partial charge in [0.1, 0.15) is 0 Å². The molecule has 0 unspecified atom stereocenters. The third-order valence-corrected chi connectivity index (χ3v) is 3.37. The minimum absolute atomic E-state index is 0.142. The first-order valence-corrected chi connectivity index (χ1v) is 6.26. The lowest BCUT2D eigenvalue weighted by Crippen LogP contribution is -2.19. The van der Waals surface area contributed by atoms with Crippen molar-refractivity contribution in [1.29, 1.82) is 0 Å². The molecule has 0 spiro atoms. The molecule has 1 N–H and O–H groups in total. The fourth-order valence-electron chi connectivity index (χ4n) is 1.56. The summed E-state index contributed by atoms with van der Waals surface area (Å²) in [6.45, 7) is 2.39. The molecule has 0 atom stereocenters. The van der Waals surface area contributed by atoms with Gasteiger partial charge in [0.25, 0.3) is 0 Å². The molecule has 5 nitrogen and oxygen atoms in total. The van der Waals surface area contributed by atoms with Crippen molar-refractivity contribution in [3.05, 3.63) is 39.8 Å². The Balaban J connectivity index is 2.18. The minimum Gasteiger partial charge on any atom is -0.478 e. The number of nitrogens with zero attached hydrogens (tertiary/aromatic N) is 3. The number of carboxylic acids is 1. The smallest absolute Gasteiger partial charge is 0.339 e. The molecule has 0 aromatic carbocycles. The summed E-state index contributed by atoms with van der Waals surface area (Å²) in [5.74, 6) is -0.467. The number of hydrogen-bond acceptors (Lipinski definition) is 5. The number of aromatic nitrogens is 2. The van der Waals surface area contributed by atoms with Crippen LogP contribution in [0.1, 0.15) is 20.9 Å². The van der Waals surface area contributed by atoms with Gasteiger partial charge in [-0.3, -0.25) is 0 Å². The van der Waals surface area contributed by atoms with Gasteiger partial charge in [-0.25, -0.2) is 14.8 Å². The van der Waals surface area contributed by atoms with Crippen LogP contribution in [0.3, 0.4) is 0 Å². The number of aryl methyl sites for hydroxylation is 1. The summed E-state index contributed by atoms with van der Waals surface area (Å²) in [5.41, 5.74) is 0.619. The van der Waals surface area contributed by atoms with Crippen molar-refractivity contribution in [3.8, 4) is 0 Å². The molecule has 2 rings (SSSR count). The molecule has 2 aromatic rings. The highest BCUT2D eigenvalue weighted by Crippen LogP contribution is 2.15. The SMILES string of the molecule is Cc1nc(N(C)Cc2cccs2)ncc1C(=O)O. The largest absolute Gasteiger partial charge is 0.478 e. The van der Waals surface area contributed by atoms with Gasteiger partial charge in [0.2, 0.25) is 5.95 Å². The first-order chi connectivity index (χ1) is 8.58. The lowest BCUT2D eigenvalue weighted by molar-refractivity contribution is 0.0695. The second-order valence-corrected chi connectivity index (χ2v) is 4.94. The average molecular weight is 263 g/mol. The van der Waals surface area contributed by atoms with Crippen LogP contribution < -0.4 is 4.90 Å². The Morgan fingerprint density at radius 3 is 2.89 bits per heavy atom. The van der Waals surface area contributed by atoms with E-state index < -0.39 is 5.97 Å². The van der Waals surface area contributed by atoms with Crippen molar-refractivity contribution in [2.45, 2.75) is 13.5 Å². The summed E-state index contributed by atoms with van der Waals surface area (Å²) in [4.78, 5) is 22.3. The van der Waals surface area contributed by atoms with Gasteiger partial charge in [-0.15, -0.1) is 11.3 Å². The third kappa shape index (κ3) is 2.65. The highest BCUT2D eigenvalue weighted by Gasteiger charge is 2.12. The number of thiophene rings is 1. The van der Waals surface area contributed by atoms with Gasteiger partial charge in [-0.05, 0) is 18.4 Å². The lowest BCUT2D eigenvalue weighted by atomic mass is 10.2. The van der Waals surface area contributed by atoms with Gasteiger partial charge in [0.15, 0.2) is 0 Å². The number of carboxylic acid groups (broad SMARTS) is 1. The molecule has 94 valence electrons. The summed E-state index contributed by atoms with van der Waals surface area (Å²) < 4.78 is 0. The van der Waals surface area contributed by atoms with Crippen LogP contribution in [0.2, 0.25) is 0 Å². The fraction of sp³-hybridized carbons (Fsp3) is 0.250. The van der Waals surface area contributed by atoms with Crippen LogP contribution in [0.15, 0.2) is 23.7 Å². The quantitative estimate of drug-likeness (QED) is 0.915. The zero-order chi connectivity index (χ0) is 13.1. The normalized spacial score (nSPS) is 10.3. The van der Waals surface area contributed by atoms with Crippen LogP contribution in [0.25, 0.3) is 0 Å². The van der Waals surface area contributed by atoms with Crippen LogP contribution in [0.5, 0.6) is 0 Å². The van der Waals surface area contributed by atoms with Crippen LogP contribution in [0, 0.1) is 6.92 Å². The Morgan fingerprint density at radius 1 is 1.56 bits per heavy atom. The van der Waals surface area contributed by atoms with E-state index in [4.69, 9.17) is 5.11 Å². The van der Waals surface area contributed by atoms with Gasteiger partial charge < -0.3 is 10.0 Å². The molecule has 0 saturated carbocycles.